The zero-order chi connectivity index (χ0) is 24.7. The third kappa shape index (κ3) is 4.41. The average molecular weight is 480 g/mol. The second-order valence-electron chi connectivity index (χ2n) is 8.47. The number of aryl methyl sites for hydroxylation is 2. The standard InChI is InChI=1S/C19H22N6O2.C2HF3O2/c1-13-9-15(22-27-13)17(26)24-6-3-19(4-7-24)5-8-25-16(11-20-18(19)25)14-10-21-23(2)12-14;3-2(4,5)1(6)7/h9-12H,3-8H2,1-2H3;(H,6,7). The van der Waals surface area contributed by atoms with Gasteiger partial charge in [-0.15, -0.1) is 0 Å². The highest BCUT2D eigenvalue weighted by Crippen LogP contribution is 2.44. The number of alkyl halides is 3. The summed E-state index contributed by atoms with van der Waals surface area (Å²) in [6.45, 7) is 4.21. The number of carbonyl (C=O) groups excluding carboxylic acids is 1. The van der Waals surface area contributed by atoms with Crippen molar-refractivity contribution in [2.45, 2.75) is 44.3 Å². The molecule has 0 bridgehead atoms. The first-order chi connectivity index (χ1) is 16.0. The van der Waals surface area contributed by atoms with Crippen LogP contribution in [0.2, 0.25) is 0 Å². The molecule has 10 nitrogen and oxygen atoms in total. The molecule has 3 aromatic rings. The van der Waals surface area contributed by atoms with Crippen molar-refractivity contribution in [3.05, 3.63) is 41.9 Å². The maximum atomic E-state index is 12.6. The van der Waals surface area contributed by atoms with Crippen molar-refractivity contribution in [3.8, 4) is 11.3 Å². The lowest BCUT2D eigenvalue weighted by Crippen LogP contribution is -2.44. The Hall–Kier alpha value is -3.64. The van der Waals surface area contributed by atoms with Gasteiger partial charge >= 0.3 is 12.1 Å². The van der Waals surface area contributed by atoms with E-state index in [9.17, 15) is 18.0 Å². The summed E-state index contributed by atoms with van der Waals surface area (Å²) < 4.78 is 40.9. The van der Waals surface area contributed by atoms with Gasteiger partial charge in [-0.25, -0.2) is 9.78 Å². The molecule has 0 unspecified atom stereocenters. The van der Waals surface area contributed by atoms with Crippen molar-refractivity contribution in [1.82, 2.24) is 29.4 Å². The van der Waals surface area contributed by atoms with Gasteiger partial charge in [0.05, 0.1) is 18.1 Å². The quantitative estimate of drug-likeness (QED) is 0.599. The predicted octanol–water partition coefficient (Wildman–Crippen LogP) is 2.79. The fourth-order valence-corrected chi connectivity index (χ4v) is 4.49. The lowest BCUT2D eigenvalue weighted by molar-refractivity contribution is -0.192. The van der Waals surface area contributed by atoms with Crippen LogP contribution in [-0.4, -0.2) is 65.6 Å². The molecule has 1 saturated heterocycles. The van der Waals surface area contributed by atoms with Crippen LogP contribution in [0.15, 0.2) is 29.2 Å². The highest BCUT2D eigenvalue weighted by Gasteiger charge is 2.45. The van der Waals surface area contributed by atoms with E-state index in [4.69, 9.17) is 19.4 Å². The van der Waals surface area contributed by atoms with E-state index in [1.54, 1.807) is 13.0 Å². The Labute approximate surface area is 192 Å². The van der Waals surface area contributed by atoms with Crippen LogP contribution in [0, 0.1) is 6.92 Å². The molecule has 5 rings (SSSR count). The molecule has 1 fully saturated rings. The van der Waals surface area contributed by atoms with Gasteiger partial charge < -0.3 is 19.1 Å². The Kier molecular flexibility index (Phi) is 5.96. The summed E-state index contributed by atoms with van der Waals surface area (Å²) in [5, 5.41) is 15.3. The van der Waals surface area contributed by atoms with Gasteiger partial charge in [0.2, 0.25) is 0 Å². The fraction of sp³-hybridized carbons (Fsp3) is 0.476. The number of rotatable bonds is 2. The van der Waals surface area contributed by atoms with Crippen molar-refractivity contribution in [2.24, 2.45) is 7.05 Å². The van der Waals surface area contributed by atoms with Gasteiger partial charge in [-0.1, -0.05) is 5.16 Å². The molecule has 34 heavy (non-hydrogen) atoms. The minimum atomic E-state index is -5.08. The largest absolute Gasteiger partial charge is 0.490 e. The second-order valence-corrected chi connectivity index (χ2v) is 8.47. The van der Waals surface area contributed by atoms with Gasteiger partial charge in [-0.3, -0.25) is 9.48 Å². The highest BCUT2D eigenvalue weighted by molar-refractivity contribution is 5.92. The third-order valence-electron chi connectivity index (χ3n) is 6.24. The van der Waals surface area contributed by atoms with E-state index in [1.165, 1.54) is 0 Å². The molecule has 182 valence electrons. The molecule has 3 aromatic heterocycles. The molecule has 1 amide bonds. The van der Waals surface area contributed by atoms with Crippen molar-refractivity contribution >= 4 is 11.9 Å². The molecule has 0 saturated carbocycles. The summed E-state index contributed by atoms with van der Waals surface area (Å²) in [6.07, 6.45) is 3.72. The molecule has 13 heteroatoms. The number of aromatic nitrogens is 5. The zero-order valence-electron chi connectivity index (χ0n) is 18.5. The Balaban J connectivity index is 0.000000344. The van der Waals surface area contributed by atoms with Crippen LogP contribution in [-0.2, 0) is 23.8 Å². The number of imidazole rings is 1. The number of hydrogen-bond donors (Lipinski definition) is 1. The number of amides is 1. The van der Waals surface area contributed by atoms with Crippen LogP contribution in [0.4, 0.5) is 13.2 Å². The van der Waals surface area contributed by atoms with E-state index >= 15 is 0 Å². The van der Waals surface area contributed by atoms with Crippen molar-refractivity contribution < 1.29 is 32.4 Å². The Morgan fingerprint density at radius 2 is 1.79 bits per heavy atom. The van der Waals surface area contributed by atoms with Crippen molar-refractivity contribution in [2.75, 3.05) is 13.1 Å². The van der Waals surface area contributed by atoms with E-state index in [0.29, 0.717) is 11.5 Å². The number of piperidine rings is 1. The summed E-state index contributed by atoms with van der Waals surface area (Å²) >= 11 is 0. The summed E-state index contributed by atoms with van der Waals surface area (Å²) in [4.78, 5) is 28.2. The Morgan fingerprint density at radius 3 is 2.32 bits per heavy atom. The van der Waals surface area contributed by atoms with E-state index in [2.05, 4.69) is 14.8 Å². The number of carboxylic acids is 1. The maximum absolute atomic E-state index is 12.6. The highest BCUT2D eigenvalue weighted by atomic mass is 19.4. The first kappa shape index (κ1) is 23.5. The lowest BCUT2D eigenvalue weighted by atomic mass is 9.76. The SMILES string of the molecule is Cc1cc(C(=O)N2CCC3(CC2)CCn2c(-c4cnn(C)c4)cnc23)no1.O=C(O)C(F)(F)F. The van der Waals surface area contributed by atoms with Crippen LogP contribution in [0.1, 0.15) is 41.3 Å². The first-order valence-corrected chi connectivity index (χ1v) is 10.6. The summed E-state index contributed by atoms with van der Waals surface area (Å²) in [5.41, 5.74) is 2.70. The zero-order valence-corrected chi connectivity index (χ0v) is 18.5. The van der Waals surface area contributed by atoms with Crippen molar-refractivity contribution in [3.63, 3.8) is 0 Å². The average Bonchev–Trinajstić information content (AvgIpc) is 3.55. The van der Waals surface area contributed by atoms with Crippen molar-refractivity contribution in [1.29, 1.82) is 0 Å². The number of nitrogens with zero attached hydrogens (tertiary/aromatic N) is 6. The van der Waals surface area contributed by atoms with Gasteiger partial charge in [0.25, 0.3) is 5.91 Å². The number of carbonyl (C=O) groups is 2. The molecule has 1 spiro atoms. The number of halogens is 3. The molecule has 0 aromatic carbocycles. The topological polar surface area (TPSA) is 119 Å². The minimum Gasteiger partial charge on any atom is -0.475 e. The molecular formula is C21H23F3N6O4. The summed E-state index contributed by atoms with van der Waals surface area (Å²) in [5.74, 6) is -0.982. The van der Waals surface area contributed by atoms with Gasteiger partial charge in [-0.2, -0.15) is 18.3 Å². The summed E-state index contributed by atoms with van der Waals surface area (Å²) in [6, 6.07) is 1.70. The number of likely N-dealkylation sites (tertiary alicyclic amines) is 1. The van der Waals surface area contributed by atoms with Crippen LogP contribution < -0.4 is 0 Å². The van der Waals surface area contributed by atoms with Crippen LogP contribution in [0.5, 0.6) is 0 Å². The van der Waals surface area contributed by atoms with E-state index in [1.807, 2.05) is 35.2 Å². The van der Waals surface area contributed by atoms with Crippen LogP contribution >= 0.6 is 0 Å². The summed E-state index contributed by atoms with van der Waals surface area (Å²) in [7, 11) is 1.93. The van der Waals surface area contributed by atoms with Gasteiger partial charge in [0.1, 0.15) is 11.6 Å². The normalized spacial score (nSPS) is 16.8. The monoisotopic (exact) mass is 480 g/mol. The molecule has 5 heterocycles. The van der Waals surface area contributed by atoms with E-state index < -0.39 is 12.1 Å². The smallest absolute Gasteiger partial charge is 0.475 e. The Morgan fingerprint density at radius 1 is 1.15 bits per heavy atom. The molecule has 1 N–H and O–H groups in total. The number of carboxylic acid groups (broad SMARTS) is 1. The van der Waals surface area contributed by atoms with Crippen LogP contribution in [0.3, 0.4) is 0 Å². The number of aliphatic carboxylic acids is 1. The number of fused-ring (bicyclic) bond motifs is 2. The van der Waals surface area contributed by atoms with Gasteiger partial charge in [0, 0.05) is 49.9 Å². The van der Waals surface area contributed by atoms with E-state index in [-0.39, 0.29) is 11.3 Å². The first-order valence-electron chi connectivity index (χ1n) is 10.6. The molecule has 2 aliphatic heterocycles. The maximum Gasteiger partial charge on any atom is 0.490 e. The molecular weight excluding hydrogens is 457 g/mol. The van der Waals surface area contributed by atoms with Gasteiger partial charge in [-0.05, 0) is 26.2 Å². The molecule has 0 radical (unpaired) electrons. The third-order valence-corrected chi connectivity index (χ3v) is 6.24. The van der Waals surface area contributed by atoms with Gasteiger partial charge in [0.15, 0.2) is 5.69 Å². The fourth-order valence-electron chi connectivity index (χ4n) is 4.49. The minimum absolute atomic E-state index is 0.0425. The van der Waals surface area contributed by atoms with Crippen LogP contribution in [0.25, 0.3) is 11.3 Å². The van der Waals surface area contributed by atoms with E-state index in [0.717, 1.165) is 56.0 Å². The molecule has 0 aliphatic carbocycles. The molecule has 2 aliphatic rings. The Bertz CT molecular complexity index is 1200. The predicted molar refractivity (Wildman–Crippen MR) is 111 cm³/mol. The number of hydrogen-bond acceptors (Lipinski definition) is 6. The lowest BCUT2D eigenvalue weighted by Gasteiger charge is -2.38. The molecule has 0 atom stereocenters. The second kappa shape index (κ2) is 8.61.